The zero-order chi connectivity index (χ0) is 18.8. The minimum Gasteiger partial charge on any atom is -0.376 e. The first-order valence-electron chi connectivity index (χ1n) is 9.60. The molecule has 0 aliphatic carbocycles. The summed E-state index contributed by atoms with van der Waals surface area (Å²) >= 11 is 1.71. The summed E-state index contributed by atoms with van der Waals surface area (Å²) in [5.74, 6) is 0. The molecule has 4 rings (SSSR count). The van der Waals surface area contributed by atoms with Gasteiger partial charge in [-0.3, -0.25) is 0 Å². The molecule has 1 saturated heterocycles. The largest absolute Gasteiger partial charge is 0.376 e. The lowest BCUT2D eigenvalue weighted by atomic mass is 10.1. The van der Waals surface area contributed by atoms with Crippen LogP contribution in [0.2, 0.25) is 0 Å². The van der Waals surface area contributed by atoms with Gasteiger partial charge in [0, 0.05) is 12.0 Å². The predicted octanol–water partition coefficient (Wildman–Crippen LogP) is 5.55. The summed E-state index contributed by atoms with van der Waals surface area (Å²) in [4.78, 5) is 6.11. The van der Waals surface area contributed by atoms with Crippen LogP contribution in [0.4, 0.5) is 5.69 Å². The molecule has 3 aromatic rings. The smallest absolute Gasteiger partial charge is 0.190 e. The number of para-hydroxylation sites is 1. The quantitative estimate of drug-likeness (QED) is 0.584. The van der Waals surface area contributed by atoms with Crippen molar-refractivity contribution in [3.8, 4) is 11.3 Å². The average Bonchev–Trinajstić information content (AvgIpc) is 3.30. The van der Waals surface area contributed by atoms with Crippen LogP contribution in [0.25, 0.3) is 11.3 Å². The number of rotatable bonds is 4. The normalized spacial score (nSPS) is 17.6. The van der Waals surface area contributed by atoms with Crippen LogP contribution in [0, 0.1) is 20.8 Å². The molecule has 0 N–H and O–H groups in total. The van der Waals surface area contributed by atoms with Crippen LogP contribution in [-0.4, -0.2) is 17.3 Å². The van der Waals surface area contributed by atoms with Gasteiger partial charge < -0.3 is 9.30 Å². The Kier molecular flexibility index (Phi) is 5.28. The molecule has 2 heterocycles. The summed E-state index contributed by atoms with van der Waals surface area (Å²) in [6.07, 6.45) is 2.55. The van der Waals surface area contributed by atoms with Gasteiger partial charge >= 0.3 is 0 Å². The monoisotopic (exact) mass is 378 g/mol. The van der Waals surface area contributed by atoms with Crippen LogP contribution in [0.15, 0.2) is 52.8 Å². The molecular weight excluding hydrogens is 352 g/mol. The molecule has 1 unspecified atom stereocenters. The molecule has 1 aromatic heterocycles. The van der Waals surface area contributed by atoms with Gasteiger partial charge in [0.05, 0.1) is 24.0 Å². The highest BCUT2D eigenvalue weighted by molar-refractivity contribution is 7.07. The maximum Gasteiger partial charge on any atom is 0.190 e. The molecule has 1 aliphatic heterocycles. The van der Waals surface area contributed by atoms with E-state index < -0.39 is 0 Å². The highest BCUT2D eigenvalue weighted by Crippen LogP contribution is 2.26. The second-order valence-corrected chi connectivity index (χ2v) is 8.20. The second-order valence-electron chi connectivity index (χ2n) is 7.37. The minimum atomic E-state index is 0.278. The molecule has 4 heteroatoms. The average molecular weight is 379 g/mol. The van der Waals surface area contributed by atoms with Gasteiger partial charge in [-0.15, -0.1) is 11.3 Å². The number of thiazole rings is 1. The number of benzene rings is 2. The Morgan fingerprint density at radius 1 is 1.07 bits per heavy atom. The first-order chi connectivity index (χ1) is 13.1. The van der Waals surface area contributed by atoms with E-state index in [2.05, 4.69) is 73.2 Å². The minimum absolute atomic E-state index is 0.278. The van der Waals surface area contributed by atoms with E-state index in [0.29, 0.717) is 0 Å². The summed E-state index contributed by atoms with van der Waals surface area (Å²) < 4.78 is 8.28. The number of aryl methyl sites for hydroxylation is 3. The van der Waals surface area contributed by atoms with Gasteiger partial charge in [0.25, 0.3) is 0 Å². The van der Waals surface area contributed by atoms with E-state index in [1.54, 1.807) is 11.3 Å². The first kappa shape index (κ1) is 18.2. The number of ether oxygens (including phenoxy) is 1. The molecule has 0 radical (unpaired) electrons. The van der Waals surface area contributed by atoms with Crippen molar-refractivity contribution < 1.29 is 4.74 Å². The fourth-order valence-electron chi connectivity index (χ4n) is 3.62. The van der Waals surface area contributed by atoms with Crippen molar-refractivity contribution >= 4 is 17.0 Å². The standard InChI is InChI=1S/C23H26N2OS/c1-16-9-11-19(12-10-16)21-15-27-23(25(21)14-20-8-5-13-26-20)24-22-17(2)6-4-7-18(22)3/h4,6-7,9-12,15,20H,5,8,13-14H2,1-3H3. The van der Waals surface area contributed by atoms with Crippen molar-refractivity contribution in [3.05, 3.63) is 69.3 Å². The Morgan fingerprint density at radius 3 is 2.48 bits per heavy atom. The van der Waals surface area contributed by atoms with Crippen LogP contribution in [0.3, 0.4) is 0 Å². The summed E-state index contributed by atoms with van der Waals surface area (Å²) in [6, 6.07) is 15.1. The Hall–Kier alpha value is -2.17. The van der Waals surface area contributed by atoms with Gasteiger partial charge in [-0.05, 0) is 50.3 Å². The molecule has 0 spiro atoms. The van der Waals surface area contributed by atoms with Crippen molar-refractivity contribution in [2.24, 2.45) is 4.99 Å². The maximum absolute atomic E-state index is 5.93. The van der Waals surface area contributed by atoms with E-state index in [9.17, 15) is 0 Å². The third-order valence-electron chi connectivity index (χ3n) is 5.20. The lowest BCUT2D eigenvalue weighted by Gasteiger charge is -2.14. The first-order valence-corrected chi connectivity index (χ1v) is 10.5. The van der Waals surface area contributed by atoms with Gasteiger partial charge in [-0.2, -0.15) is 0 Å². The van der Waals surface area contributed by atoms with Crippen LogP contribution in [0.5, 0.6) is 0 Å². The molecule has 1 atom stereocenters. The van der Waals surface area contributed by atoms with Crippen LogP contribution >= 0.6 is 11.3 Å². The molecule has 140 valence electrons. The predicted molar refractivity (Wildman–Crippen MR) is 113 cm³/mol. The number of aromatic nitrogens is 1. The number of hydrogen-bond acceptors (Lipinski definition) is 3. The third kappa shape index (κ3) is 3.92. The summed E-state index contributed by atoms with van der Waals surface area (Å²) in [5, 5.41) is 2.23. The van der Waals surface area contributed by atoms with E-state index in [-0.39, 0.29) is 6.10 Å². The molecule has 0 bridgehead atoms. The maximum atomic E-state index is 5.93. The highest BCUT2D eigenvalue weighted by Gasteiger charge is 2.19. The lowest BCUT2D eigenvalue weighted by Crippen LogP contribution is -2.24. The fourth-order valence-corrected chi connectivity index (χ4v) is 4.54. The van der Waals surface area contributed by atoms with Crippen LogP contribution in [-0.2, 0) is 11.3 Å². The Labute approximate surface area is 165 Å². The third-order valence-corrected chi connectivity index (χ3v) is 6.07. The van der Waals surface area contributed by atoms with Crippen LogP contribution in [0.1, 0.15) is 29.5 Å². The summed E-state index contributed by atoms with van der Waals surface area (Å²) in [5.41, 5.74) is 7.24. The molecule has 3 nitrogen and oxygen atoms in total. The summed E-state index contributed by atoms with van der Waals surface area (Å²) in [7, 11) is 0. The molecule has 0 amide bonds. The van der Waals surface area contributed by atoms with Crippen LogP contribution < -0.4 is 4.80 Å². The van der Waals surface area contributed by atoms with Crippen molar-refractivity contribution in [2.45, 2.75) is 46.3 Å². The SMILES string of the molecule is Cc1ccc(-c2csc(=Nc3c(C)cccc3C)n2CC2CCCO2)cc1. The van der Waals surface area contributed by atoms with E-state index in [4.69, 9.17) is 9.73 Å². The zero-order valence-corrected chi connectivity index (χ0v) is 17.1. The van der Waals surface area contributed by atoms with Crippen molar-refractivity contribution in [3.63, 3.8) is 0 Å². The molecular formula is C23H26N2OS. The Bertz CT molecular complexity index is 972. The van der Waals surface area contributed by atoms with Crippen molar-refractivity contribution in [1.29, 1.82) is 0 Å². The number of hydrogen-bond donors (Lipinski definition) is 0. The van der Waals surface area contributed by atoms with Gasteiger partial charge in [-0.1, -0.05) is 48.0 Å². The highest BCUT2D eigenvalue weighted by atomic mass is 32.1. The molecule has 1 aliphatic rings. The van der Waals surface area contributed by atoms with E-state index in [0.717, 1.165) is 36.5 Å². The van der Waals surface area contributed by atoms with Gasteiger partial charge in [0.1, 0.15) is 0 Å². The van der Waals surface area contributed by atoms with Gasteiger partial charge in [-0.25, -0.2) is 4.99 Å². The molecule has 1 fully saturated rings. The second kappa shape index (κ2) is 7.83. The zero-order valence-electron chi connectivity index (χ0n) is 16.2. The Morgan fingerprint density at radius 2 is 1.81 bits per heavy atom. The molecule has 0 saturated carbocycles. The summed E-state index contributed by atoms with van der Waals surface area (Å²) in [6.45, 7) is 8.12. The lowest BCUT2D eigenvalue weighted by molar-refractivity contribution is 0.0968. The van der Waals surface area contributed by atoms with Gasteiger partial charge in [0.15, 0.2) is 4.80 Å². The van der Waals surface area contributed by atoms with E-state index in [1.165, 1.54) is 27.9 Å². The Balaban J connectivity index is 1.83. The van der Waals surface area contributed by atoms with E-state index >= 15 is 0 Å². The molecule has 2 aromatic carbocycles. The fraction of sp³-hybridized carbons (Fsp3) is 0.348. The van der Waals surface area contributed by atoms with E-state index in [1.807, 2.05) is 0 Å². The van der Waals surface area contributed by atoms with Gasteiger partial charge in [0.2, 0.25) is 0 Å². The van der Waals surface area contributed by atoms with Crippen molar-refractivity contribution in [1.82, 2.24) is 4.57 Å². The van der Waals surface area contributed by atoms with Crippen molar-refractivity contribution in [2.75, 3.05) is 6.61 Å². The topological polar surface area (TPSA) is 26.5 Å². The number of nitrogens with zero attached hydrogens (tertiary/aromatic N) is 2. The molecule has 27 heavy (non-hydrogen) atoms.